The summed E-state index contributed by atoms with van der Waals surface area (Å²) in [6.07, 6.45) is 0.266. The van der Waals surface area contributed by atoms with Crippen molar-refractivity contribution in [2.75, 3.05) is 19.0 Å². The van der Waals surface area contributed by atoms with Crippen LogP contribution in [0.3, 0.4) is 0 Å². The molecule has 2 N–H and O–H groups in total. The quantitative estimate of drug-likeness (QED) is 0.553. The van der Waals surface area contributed by atoms with Crippen LogP contribution in [0.5, 0.6) is 0 Å². The van der Waals surface area contributed by atoms with E-state index >= 15 is 0 Å². The summed E-state index contributed by atoms with van der Waals surface area (Å²) in [5, 5.41) is 14.4. The number of fused-ring (bicyclic) bond motifs is 1. The monoisotopic (exact) mass is 358 g/mol. The summed E-state index contributed by atoms with van der Waals surface area (Å²) in [6, 6.07) is 9.74. The van der Waals surface area contributed by atoms with Crippen LogP contribution in [0, 0.1) is 0 Å². The van der Waals surface area contributed by atoms with E-state index in [-0.39, 0.29) is 12.4 Å². The summed E-state index contributed by atoms with van der Waals surface area (Å²) in [6.45, 7) is 7.64. The van der Waals surface area contributed by atoms with Gasteiger partial charge in [0.05, 0.1) is 30.2 Å². The number of pyridine rings is 1. The van der Waals surface area contributed by atoms with Gasteiger partial charge in [-0.15, -0.1) is 0 Å². The van der Waals surface area contributed by atoms with Gasteiger partial charge in [-0.1, -0.05) is 18.2 Å². The number of benzene rings is 1. The minimum absolute atomic E-state index is 0.266. The number of aliphatic hydroxyl groups is 1. The smallest absolute Gasteiger partial charge is 0.310 e. The first-order chi connectivity index (χ1) is 12.1. The highest BCUT2D eigenvalue weighted by Crippen LogP contribution is 2.24. The van der Waals surface area contributed by atoms with E-state index < -0.39 is 11.2 Å². The van der Waals surface area contributed by atoms with Crippen molar-refractivity contribution in [1.29, 1.82) is 0 Å². The second-order valence-corrected chi connectivity index (χ2v) is 7.29. The van der Waals surface area contributed by atoms with Gasteiger partial charge < -0.3 is 19.8 Å². The van der Waals surface area contributed by atoms with E-state index in [2.05, 4.69) is 15.0 Å². The van der Waals surface area contributed by atoms with E-state index in [4.69, 9.17) is 4.65 Å². The van der Waals surface area contributed by atoms with Crippen molar-refractivity contribution in [2.24, 2.45) is 0 Å². The second kappa shape index (κ2) is 8.06. The third-order valence-corrected chi connectivity index (χ3v) is 4.73. The zero-order valence-corrected chi connectivity index (χ0v) is 16.1. The highest BCUT2D eigenvalue weighted by atomic mass is 16.5. The predicted octanol–water partition coefficient (Wildman–Crippen LogP) is 1.75. The Labute approximate surface area is 155 Å². The molecule has 0 saturated carbocycles. The Morgan fingerprint density at radius 3 is 2.62 bits per heavy atom. The van der Waals surface area contributed by atoms with Crippen molar-refractivity contribution in [3.63, 3.8) is 0 Å². The first-order valence-corrected chi connectivity index (χ1v) is 8.70. The lowest BCUT2D eigenvalue weighted by atomic mass is 9.81. The molecule has 0 aliphatic carbocycles. The molecule has 0 atom stereocenters. The lowest BCUT2D eigenvalue weighted by Gasteiger charge is -2.37. The molecule has 140 valence electrons. The Morgan fingerprint density at radius 2 is 1.96 bits per heavy atom. The number of methoxy groups -OCH3 is 1. The number of para-hydroxylation sites is 1. The first-order valence-electron chi connectivity index (χ1n) is 8.70. The highest BCUT2D eigenvalue weighted by molar-refractivity contribution is 6.51. The van der Waals surface area contributed by atoms with Crippen LogP contribution in [-0.2, 0) is 14.2 Å². The lowest BCUT2D eigenvalue weighted by Crippen LogP contribution is -2.49. The summed E-state index contributed by atoms with van der Waals surface area (Å²) in [5.41, 5.74) is 0.122. The van der Waals surface area contributed by atoms with Crippen molar-refractivity contribution >= 4 is 35.6 Å². The lowest BCUT2D eigenvalue weighted by molar-refractivity contribution is -0.140. The molecule has 0 unspecified atom stereocenters. The van der Waals surface area contributed by atoms with Crippen LogP contribution in [0.4, 0.5) is 5.82 Å². The first kappa shape index (κ1) is 20.2. The molecule has 2 aromatic rings. The highest BCUT2D eigenvalue weighted by Gasteiger charge is 2.35. The average molecular weight is 358 g/mol. The standard InChI is InChI=1S/C19H27BN2O4/c1-18(2,24)19(3,4)26-20-14-12-16(21-11-10-17(23)25-5)22-15-9-7-6-8-13(14)15/h6-9,12,20,24H,10-11H2,1-5H3,(H,21,22). The molecule has 26 heavy (non-hydrogen) atoms. The number of aromatic nitrogens is 1. The van der Waals surface area contributed by atoms with Crippen molar-refractivity contribution in [3.05, 3.63) is 30.3 Å². The molecule has 0 saturated heterocycles. The van der Waals surface area contributed by atoms with Crippen LogP contribution in [0.1, 0.15) is 34.1 Å². The molecule has 1 heterocycles. The molecule has 1 aromatic carbocycles. The number of carbonyl (C=O) groups is 1. The Balaban J connectivity index is 2.22. The van der Waals surface area contributed by atoms with E-state index in [1.54, 1.807) is 13.8 Å². The van der Waals surface area contributed by atoms with Gasteiger partial charge in [0, 0.05) is 6.54 Å². The molecule has 0 amide bonds. The molecule has 7 heteroatoms. The second-order valence-electron chi connectivity index (χ2n) is 7.29. The van der Waals surface area contributed by atoms with Gasteiger partial charge in [0.15, 0.2) is 0 Å². The van der Waals surface area contributed by atoms with Gasteiger partial charge in [0.2, 0.25) is 0 Å². The summed E-state index contributed by atoms with van der Waals surface area (Å²) in [5.74, 6) is 0.404. The minimum Gasteiger partial charge on any atom is -0.469 e. The number of ether oxygens (including phenoxy) is 1. The summed E-state index contributed by atoms with van der Waals surface area (Å²) in [7, 11) is 1.71. The zero-order valence-electron chi connectivity index (χ0n) is 16.1. The van der Waals surface area contributed by atoms with Gasteiger partial charge in [0.1, 0.15) is 5.82 Å². The molecule has 0 aliphatic heterocycles. The third kappa shape index (κ3) is 4.96. The van der Waals surface area contributed by atoms with E-state index in [1.807, 2.05) is 44.2 Å². The molecule has 2 rings (SSSR count). The van der Waals surface area contributed by atoms with E-state index in [0.29, 0.717) is 19.8 Å². The number of anilines is 1. The van der Waals surface area contributed by atoms with Gasteiger partial charge in [-0.25, -0.2) is 4.98 Å². The average Bonchev–Trinajstić information content (AvgIpc) is 2.58. The van der Waals surface area contributed by atoms with E-state index in [1.165, 1.54) is 7.11 Å². The molecule has 0 spiro atoms. The Morgan fingerprint density at radius 1 is 1.27 bits per heavy atom. The minimum atomic E-state index is -0.975. The number of rotatable bonds is 8. The number of hydrogen-bond donors (Lipinski definition) is 2. The summed E-state index contributed by atoms with van der Waals surface area (Å²) < 4.78 is 10.7. The predicted molar refractivity (Wildman–Crippen MR) is 105 cm³/mol. The van der Waals surface area contributed by atoms with Crippen molar-refractivity contribution < 1.29 is 19.3 Å². The number of nitrogens with zero attached hydrogens (tertiary/aromatic N) is 1. The van der Waals surface area contributed by atoms with Gasteiger partial charge in [-0.2, -0.15) is 0 Å². The molecular formula is C19H27BN2O4. The van der Waals surface area contributed by atoms with Crippen molar-refractivity contribution in [1.82, 2.24) is 4.98 Å². The molecule has 1 aromatic heterocycles. The fourth-order valence-electron chi connectivity index (χ4n) is 2.29. The van der Waals surface area contributed by atoms with Gasteiger partial charge in [0.25, 0.3) is 0 Å². The van der Waals surface area contributed by atoms with Crippen LogP contribution in [-0.4, -0.2) is 48.4 Å². The molecule has 0 fully saturated rings. The maximum absolute atomic E-state index is 11.3. The van der Waals surface area contributed by atoms with Gasteiger partial charge >= 0.3 is 13.5 Å². The van der Waals surface area contributed by atoms with Crippen LogP contribution in [0.25, 0.3) is 10.9 Å². The fraction of sp³-hybridized carbons (Fsp3) is 0.474. The fourth-order valence-corrected chi connectivity index (χ4v) is 2.29. The van der Waals surface area contributed by atoms with Gasteiger partial charge in [-0.05, 0) is 50.7 Å². The topological polar surface area (TPSA) is 80.7 Å². The normalized spacial score (nSPS) is 12.1. The molecule has 6 nitrogen and oxygen atoms in total. The maximum Gasteiger partial charge on any atom is 0.310 e. The van der Waals surface area contributed by atoms with Crippen LogP contribution in [0.2, 0.25) is 0 Å². The largest absolute Gasteiger partial charge is 0.469 e. The van der Waals surface area contributed by atoms with Crippen LogP contribution in [0.15, 0.2) is 30.3 Å². The molecule has 0 bridgehead atoms. The summed E-state index contributed by atoms with van der Waals surface area (Å²) >= 11 is 0. The Bertz CT molecular complexity index is 772. The SMILES string of the molecule is COC(=O)CCNc1cc(BOC(C)(C)C(C)(C)O)c2ccccc2n1. The Hall–Kier alpha value is -2.12. The number of esters is 1. The summed E-state index contributed by atoms with van der Waals surface area (Å²) in [4.78, 5) is 15.8. The van der Waals surface area contributed by atoms with Crippen LogP contribution < -0.4 is 10.8 Å². The number of nitrogens with one attached hydrogen (secondary N) is 1. The maximum atomic E-state index is 11.3. The van der Waals surface area contributed by atoms with E-state index in [0.717, 1.165) is 16.4 Å². The van der Waals surface area contributed by atoms with E-state index in [9.17, 15) is 9.90 Å². The third-order valence-electron chi connectivity index (χ3n) is 4.73. The van der Waals surface area contributed by atoms with Crippen LogP contribution >= 0.6 is 0 Å². The molecular weight excluding hydrogens is 331 g/mol. The van der Waals surface area contributed by atoms with Crippen molar-refractivity contribution in [3.8, 4) is 0 Å². The number of hydrogen-bond acceptors (Lipinski definition) is 6. The zero-order chi connectivity index (χ0) is 19.4. The number of carbonyl (C=O) groups excluding carboxylic acids is 1. The van der Waals surface area contributed by atoms with Crippen molar-refractivity contribution in [2.45, 2.75) is 45.3 Å². The molecule has 0 radical (unpaired) electrons. The van der Waals surface area contributed by atoms with Gasteiger partial charge in [-0.3, -0.25) is 4.79 Å². The molecule has 0 aliphatic rings. The Kier molecular flexibility index (Phi) is 6.26.